The Balaban J connectivity index is 0.000000277. The highest BCUT2D eigenvalue weighted by Gasteiger charge is 2.38. The van der Waals surface area contributed by atoms with Gasteiger partial charge in [0.1, 0.15) is 5.84 Å². The minimum atomic E-state index is -5.08. The summed E-state index contributed by atoms with van der Waals surface area (Å²) in [4.78, 5) is 13.5. The highest BCUT2D eigenvalue weighted by Crippen LogP contribution is 2.29. The van der Waals surface area contributed by atoms with Crippen LogP contribution in [-0.4, -0.2) is 23.1 Å². The van der Waals surface area contributed by atoms with E-state index in [1.54, 1.807) is 0 Å². The molecule has 3 N–H and O–H groups in total. The van der Waals surface area contributed by atoms with Gasteiger partial charge in [0, 0.05) is 10.0 Å². The second kappa shape index (κ2) is 7.69. The SMILES string of the molecule is NC1=NC(c2cccc(Br)c2)Cc2ccccc21.O=C(O)C(F)(F)F. The van der Waals surface area contributed by atoms with Gasteiger partial charge >= 0.3 is 12.1 Å². The van der Waals surface area contributed by atoms with Gasteiger partial charge in [-0.1, -0.05) is 52.3 Å². The van der Waals surface area contributed by atoms with E-state index in [0.29, 0.717) is 5.84 Å². The van der Waals surface area contributed by atoms with E-state index in [-0.39, 0.29) is 6.04 Å². The molecule has 0 saturated heterocycles. The molecule has 0 bridgehead atoms. The molecule has 0 fully saturated rings. The van der Waals surface area contributed by atoms with Crippen molar-refractivity contribution >= 4 is 27.7 Å². The lowest BCUT2D eigenvalue weighted by Gasteiger charge is -2.22. The molecule has 0 aromatic heterocycles. The molecule has 8 heteroatoms. The lowest BCUT2D eigenvalue weighted by atomic mass is 9.93. The van der Waals surface area contributed by atoms with Gasteiger partial charge in [0.15, 0.2) is 0 Å². The molecule has 1 heterocycles. The quantitative estimate of drug-likeness (QED) is 0.737. The average Bonchev–Trinajstić information content (AvgIpc) is 2.54. The van der Waals surface area contributed by atoms with Gasteiger partial charge in [-0.2, -0.15) is 13.2 Å². The number of carbonyl (C=O) groups is 1. The van der Waals surface area contributed by atoms with Crippen molar-refractivity contribution in [1.82, 2.24) is 0 Å². The van der Waals surface area contributed by atoms with Gasteiger partial charge in [0.25, 0.3) is 0 Å². The maximum Gasteiger partial charge on any atom is 0.490 e. The Hall–Kier alpha value is -2.35. The molecular weight excluding hydrogens is 401 g/mol. The van der Waals surface area contributed by atoms with Gasteiger partial charge in [0.05, 0.1) is 6.04 Å². The smallest absolute Gasteiger partial charge is 0.475 e. The molecule has 2 aromatic rings. The lowest BCUT2D eigenvalue weighted by molar-refractivity contribution is -0.192. The van der Waals surface area contributed by atoms with Crippen molar-refractivity contribution in [3.63, 3.8) is 0 Å². The zero-order chi connectivity index (χ0) is 18.6. The van der Waals surface area contributed by atoms with Crippen LogP contribution in [0.1, 0.15) is 22.7 Å². The van der Waals surface area contributed by atoms with Crippen LogP contribution in [0.25, 0.3) is 0 Å². The van der Waals surface area contributed by atoms with Crippen LogP contribution in [0.15, 0.2) is 58.0 Å². The largest absolute Gasteiger partial charge is 0.490 e. The molecule has 132 valence electrons. The van der Waals surface area contributed by atoms with E-state index < -0.39 is 12.1 Å². The normalized spacial score (nSPS) is 16.2. The number of benzene rings is 2. The average molecular weight is 415 g/mol. The fraction of sp³-hybridized carbons (Fsp3) is 0.176. The summed E-state index contributed by atoms with van der Waals surface area (Å²) < 4.78 is 32.8. The number of aliphatic imine (C=N–C) groups is 1. The molecule has 2 aromatic carbocycles. The molecule has 0 amide bonds. The standard InChI is InChI=1S/C15H13BrN2.C2HF3O2/c16-12-6-3-5-11(8-12)14-9-10-4-1-2-7-13(10)15(17)18-14;3-2(4,5)1(6)7/h1-8,14H,9H2,(H2,17,18);(H,6,7). The van der Waals surface area contributed by atoms with Crippen LogP contribution in [0.2, 0.25) is 0 Å². The van der Waals surface area contributed by atoms with Crippen LogP contribution in [-0.2, 0) is 11.2 Å². The second-order valence-corrected chi connectivity index (χ2v) is 6.17. The number of fused-ring (bicyclic) bond motifs is 1. The molecule has 0 saturated carbocycles. The lowest BCUT2D eigenvalue weighted by Crippen LogP contribution is -2.22. The van der Waals surface area contributed by atoms with Crippen LogP contribution in [0, 0.1) is 0 Å². The maximum atomic E-state index is 10.6. The molecule has 1 atom stereocenters. The first-order valence-corrected chi connectivity index (χ1v) is 7.95. The van der Waals surface area contributed by atoms with Crippen molar-refractivity contribution in [3.8, 4) is 0 Å². The molecule has 0 spiro atoms. The highest BCUT2D eigenvalue weighted by molar-refractivity contribution is 9.10. The maximum absolute atomic E-state index is 10.6. The summed E-state index contributed by atoms with van der Waals surface area (Å²) in [6.45, 7) is 0. The third kappa shape index (κ3) is 5.06. The van der Waals surface area contributed by atoms with Crippen LogP contribution in [0.3, 0.4) is 0 Å². The highest BCUT2D eigenvalue weighted by atomic mass is 79.9. The van der Waals surface area contributed by atoms with Crippen molar-refractivity contribution in [2.45, 2.75) is 18.6 Å². The Bertz CT molecular complexity index is 806. The summed E-state index contributed by atoms with van der Waals surface area (Å²) in [7, 11) is 0. The van der Waals surface area contributed by atoms with Crippen LogP contribution < -0.4 is 5.73 Å². The molecule has 3 rings (SSSR count). The third-order valence-corrected chi connectivity index (χ3v) is 3.97. The summed E-state index contributed by atoms with van der Waals surface area (Å²) >= 11 is 3.50. The number of rotatable bonds is 1. The predicted octanol–water partition coefficient (Wildman–Crippen LogP) is 4.09. The van der Waals surface area contributed by atoms with Crippen molar-refractivity contribution in [2.75, 3.05) is 0 Å². The number of hydrogen-bond acceptors (Lipinski definition) is 3. The molecule has 0 radical (unpaired) electrons. The van der Waals surface area contributed by atoms with Crippen molar-refractivity contribution in [2.24, 2.45) is 10.7 Å². The van der Waals surface area contributed by atoms with Gasteiger partial charge < -0.3 is 10.8 Å². The molecule has 25 heavy (non-hydrogen) atoms. The van der Waals surface area contributed by atoms with E-state index in [2.05, 4.69) is 45.2 Å². The molecule has 0 aliphatic carbocycles. The fourth-order valence-electron chi connectivity index (χ4n) is 2.35. The Morgan fingerprint density at radius 2 is 1.84 bits per heavy atom. The third-order valence-electron chi connectivity index (χ3n) is 3.48. The monoisotopic (exact) mass is 414 g/mol. The summed E-state index contributed by atoms with van der Waals surface area (Å²) in [6.07, 6.45) is -4.17. The first kappa shape index (κ1) is 19.0. The Kier molecular flexibility index (Phi) is 5.84. The molecule has 1 aliphatic rings. The van der Waals surface area contributed by atoms with E-state index in [0.717, 1.165) is 16.5 Å². The number of carboxylic acids is 1. The molecular formula is C17H14BrF3N2O2. The summed E-state index contributed by atoms with van der Waals surface area (Å²) in [6, 6.07) is 16.6. The minimum absolute atomic E-state index is 0.123. The predicted molar refractivity (Wildman–Crippen MR) is 91.4 cm³/mol. The van der Waals surface area contributed by atoms with E-state index in [4.69, 9.17) is 15.6 Å². The Morgan fingerprint density at radius 1 is 1.20 bits per heavy atom. The van der Waals surface area contributed by atoms with E-state index in [9.17, 15) is 13.2 Å². The molecule has 1 aliphatic heterocycles. The van der Waals surface area contributed by atoms with Crippen LogP contribution >= 0.6 is 15.9 Å². The Morgan fingerprint density at radius 3 is 2.44 bits per heavy atom. The summed E-state index contributed by atoms with van der Waals surface area (Å²) in [5, 5.41) is 7.12. The van der Waals surface area contributed by atoms with Gasteiger partial charge in [-0.15, -0.1) is 0 Å². The molecule has 1 unspecified atom stereocenters. The van der Waals surface area contributed by atoms with Crippen LogP contribution in [0.5, 0.6) is 0 Å². The van der Waals surface area contributed by atoms with E-state index in [1.165, 1.54) is 11.1 Å². The van der Waals surface area contributed by atoms with Crippen molar-refractivity contribution in [1.29, 1.82) is 0 Å². The fourth-order valence-corrected chi connectivity index (χ4v) is 2.76. The zero-order valence-corrected chi connectivity index (χ0v) is 14.4. The molecule has 4 nitrogen and oxygen atoms in total. The van der Waals surface area contributed by atoms with Gasteiger partial charge in [-0.05, 0) is 29.7 Å². The first-order chi connectivity index (χ1) is 11.7. The van der Waals surface area contributed by atoms with Gasteiger partial charge in [0.2, 0.25) is 0 Å². The number of aliphatic carboxylic acids is 1. The number of amidine groups is 1. The van der Waals surface area contributed by atoms with Gasteiger partial charge in [-0.25, -0.2) is 4.79 Å². The number of alkyl halides is 3. The van der Waals surface area contributed by atoms with Crippen molar-refractivity contribution in [3.05, 3.63) is 69.7 Å². The number of nitrogens with two attached hydrogens (primary N) is 1. The summed E-state index contributed by atoms with van der Waals surface area (Å²) in [5.41, 5.74) is 9.59. The Labute approximate surface area is 150 Å². The van der Waals surface area contributed by atoms with Crippen LogP contribution in [0.4, 0.5) is 13.2 Å². The topological polar surface area (TPSA) is 75.7 Å². The van der Waals surface area contributed by atoms with Gasteiger partial charge in [-0.3, -0.25) is 4.99 Å². The number of hydrogen-bond donors (Lipinski definition) is 2. The first-order valence-electron chi connectivity index (χ1n) is 7.15. The van der Waals surface area contributed by atoms with E-state index in [1.807, 2.05) is 24.3 Å². The minimum Gasteiger partial charge on any atom is -0.475 e. The number of nitrogens with zero attached hydrogens (tertiary/aromatic N) is 1. The van der Waals surface area contributed by atoms with E-state index >= 15 is 0 Å². The number of halogens is 4. The summed E-state index contributed by atoms with van der Waals surface area (Å²) in [5.74, 6) is -2.12. The second-order valence-electron chi connectivity index (χ2n) is 5.25. The van der Waals surface area contributed by atoms with Crippen molar-refractivity contribution < 1.29 is 23.1 Å². The zero-order valence-electron chi connectivity index (χ0n) is 12.8. The number of carboxylic acid groups (broad SMARTS) is 1.